The van der Waals surface area contributed by atoms with E-state index in [1.165, 1.54) is 22.8 Å². The Morgan fingerprint density at radius 2 is 1.78 bits per heavy atom. The predicted octanol–water partition coefficient (Wildman–Crippen LogP) is 5.17. The van der Waals surface area contributed by atoms with Crippen molar-refractivity contribution in [3.8, 4) is 0 Å². The van der Waals surface area contributed by atoms with Gasteiger partial charge in [0.15, 0.2) is 7.85 Å². The number of aliphatic hydroxyl groups is 2. The van der Waals surface area contributed by atoms with E-state index in [0.29, 0.717) is 23.3 Å². The average Bonchev–Trinajstić information content (AvgIpc) is 3.41. The van der Waals surface area contributed by atoms with E-state index in [9.17, 15) is 37.0 Å². The minimum Gasteiger partial charge on any atom is -0.374 e. The molecule has 2 atom stereocenters. The molecule has 0 aliphatic carbocycles. The standard InChI is InChI=1S/C30H24B2ClF5N4O3/c1-5-41-26-22(42(27(41)43)28(4,31)30(32,44)45)12-21(39-13(2)15-8-16(29(36,37)38)10-18(35)9-15)24-23(26)14(3)40-25(24)19-11-17(34)6-7-20(19)33/h6-12,25,39-40,44-45H,2-3,5H2,1,4H3. The van der Waals surface area contributed by atoms with Crippen LogP contribution in [0.1, 0.15) is 47.7 Å². The van der Waals surface area contributed by atoms with Gasteiger partial charge in [0.25, 0.3) is 0 Å². The van der Waals surface area contributed by atoms with Crippen LogP contribution in [0.25, 0.3) is 22.4 Å². The van der Waals surface area contributed by atoms with Gasteiger partial charge in [-0.2, -0.15) is 13.2 Å². The quantitative estimate of drug-likeness (QED) is 0.127. The summed E-state index contributed by atoms with van der Waals surface area (Å²) in [6.07, 6.45) is -4.85. The Morgan fingerprint density at radius 1 is 1.11 bits per heavy atom. The maximum Gasteiger partial charge on any atom is 0.416 e. The molecule has 2 heterocycles. The van der Waals surface area contributed by atoms with Gasteiger partial charge in [0.05, 0.1) is 22.6 Å². The first-order chi connectivity index (χ1) is 20.8. The zero-order chi connectivity index (χ0) is 33.4. The molecule has 15 heteroatoms. The van der Waals surface area contributed by atoms with E-state index in [-0.39, 0.29) is 50.8 Å². The molecule has 3 aromatic carbocycles. The maximum absolute atomic E-state index is 14.5. The van der Waals surface area contributed by atoms with Crippen molar-refractivity contribution in [2.45, 2.75) is 43.7 Å². The molecule has 4 aromatic rings. The first kappa shape index (κ1) is 32.4. The minimum atomic E-state index is -4.85. The highest BCUT2D eigenvalue weighted by Gasteiger charge is 2.43. The molecule has 1 aliphatic rings. The van der Waals surface area contributed by atoms with Gasteiger partial charge in [-0.3, -0.25) is 9.13 Å². The van der Waals surface area contributed by atoms with E-state index in [1.807, 2.05) is 0 Å². The Hall–Kier alpha value is -4.00. The van der Waals surface area contributed by atoms with Crippen molar-refractivity contribution in [1.29, 1.82) is 0 Å². The van der Waals surface area contributed by atoms with E-state index in [2.05, 4.69) is 23.8 Å². The second-order valence-electron chi connectivity index (χ2n) is 10.9. The topological polar surface area (TPSA) is 91.5 Å². The number of imidazole rings is 1. The highest BCUT2D eigenvalue weighted by molar-refractivity contribution is 6.31. The van der Waals surface area contributed by atoms with Crippen LogP contribution in [0.3, 0.4) is 0 Å². The number of aromatic nitrogens is 2. The molecular weight excluding hydrogens is 616 g/mol. The molecule has 45 heavy (non-hydrogen) atoms. The van der Waals surface area contributed by atoms with Gasteiger partial charge in [0.2, 0.25) is 0 Å². The normalized spacial score (nSPS) is 16.4. The van der Waals surface area contributed by atoms with Gasteiger partial charge in [0.1, 0.15) is 25.2 Å². The molecule has 0 saturated heterocycles. The van der Waals surface area contributed by atoms with Crippen LogP contribution in [0.15, 0.2) is 60.4 Å². The lowest BCUT2D eigenvalue weighted by molar-refractivity contribution is -0.137. The van der Waals surface area contributed by atoms with Gasteiger partial charge in [-0.15, -0.1) is 0 Å². The molecule has 0 fully saturated rings. The Kier molecular flexibility index (Phi) is 7.79. The molecular formula is C30H24B2ClF5N4O3. The van der Waals surface area contributed by atoms with Crippen LogP contribution in [0, 0.1) is 11.6 Å². The number of nitrogens with zero attached hydrogens (tertiary/aromatic N) is 2. The van der Waals surface area contributed by atoms with Gasteiger partial charge in [-0.25, -0.2) is 13.6 Å². The number of hydrogen-bond donors (Lipinski definition) is 4. The first-order valence-electron chi connectivity index (χ1n) is 13.4. The highest BCUT2D eigenvalue weighted by Crippen LogP contribution is 2.47. The van der Waals surface area contributed by atoms with E-state index in [1.54, 1.807) is 6.92 Å². The molecule has 1 aliphatic heterocycles. The van der Waals surface area contributed by atoms with Gasteiger partial charge < -0.3 is 20.8 Å². The summed E-state index contributed by atoms with van der Waals surface area (Å²) in [7, 11) is 11.8. The zero-order valence-corrected chi connectivity index (χ0v) is 24.6. The summed E-state index contributed by atoms with van der Waals surface area (Å²) >= 11 is 6.47. The largest absolute Gasteiger partial charge is 0.416 e. The third-order valence-corrected chi connectivity index (χ3v) is 8.16. The smallest absolute Gasteiger partial charge is 0.374 e. The Morgan fingerprint density at radius 3 is 2.38 bits per heavy atom. The number of anilines is 1. The van der Waals surface area contributed by atoms with Gasteiger partial charge in [0, 0.05) is 56.3 Å². The molecule has 0 amide bonds. The number of fused-ring (bicyclic) bond motifs is 3. The zero-order valence-electron chi connectivity index (χ0n) is 23.9. The van der Waals surface area contributed by atoms with Crippen molar-refractivity contribution in [2.75, 3.05) is 5.32 Å². The third kappa shape index (κ3) is 5.34. The first-order valence-corrected chi connectivity index (χ1v) is 13.8. The molecule has 4 N–H and O–H groups in total. The Balaban J connectivity index is 1.85. The molecule has 4 radical (unpaired) electrons. The summed E-state index contributed by atoms with van der Waals surface area (Å²) in [4.78, 5) is 13.8. The van der Waals surface area contributed by atoms with Gasteiger partial charge in [-0.05, 0) is 56.3 Å². The molecule has 5 rings (SSSR count). The second kappa shape index (κ2) is 10.8. The number of aryl methyl sites for hydroxylation is 1. The number of nitrogens with one attached hydrogen (secondary N) is 2. The predicted molar refractivity (Wildman–Crippen MR) is 164 cm³/mol. The average molecular weight is 641 g/mol. The van der Waals surface area contributed by atoms with Crippen molar-refractivity contribution >= 4 is 55.4 Å². The summed E-state index contributed by atoms with van der Waals surface area (Å²) in [5, 5.41) is 26.9. The van der Waals surface area contributed by atoms with E-state index < -0.39 is 46.2 Å². The number of halogens is 6. The molecule has 230 valence electrons. The fourth-order valence-electron chi connectivity index (χ4n) is 5.50. The lowest BCUT2D eigenvalue weighted by Crippen LogP contribution is -2.57. The molecule has 0 saturated carbocycles. The molecule has 0 spiro atoms. The second-order valence-corrected chi connectivity index (χ2v) is 11.3. The Bertz CT molecular complexity index is 1960. The monoisotopic (exact) mass is 640 g/mol. The molecule has 1 aromatic heterocycles. The van der Waals surface area contributed by atoms with Gasteiger partial charge in [-0.1, -0.05) is 24.8 Å². The van der Waals surface area contributed by atoms with Crippen LogP contribution < -0.4 is 16.3 Å². The molecule has 7 nitrogen and oxygen atoms in total. The SMILES string of the molecule is [B]C(O)(O)C([B])(C)n1c(=O)n(CC)c2c3c(c(NC(=C)c4cc(F)cc(C(F)(F)F)c4)cc21)C(c1cc(F)ccc1Cl)NC3=C. The van der Waals surface area contributed by atoms with Crippen molar-refractivity contribution in [1.82, 2.24) is 14.5 Å². The third-order valence-electron chi connectivity index (χ3n) is 7.82. The fraction of sp³-hybridized carbons (Fsp3) is 0.233. The summed E-state index contributed by atoms with van der Waals surface area (Å²) < 4.78 is 71.4. The lowest BCUT2D eigenvalue weighted by atomic mass is 9.64. The van der Waals surface area contributed by atoms with Crippen molar-refractivity contribution in [3.63, 3.8) is 0 Å². The maximum atomic E-state index is 14.5. The van der Waals surface area contributed by atoms with Crippen LogP contribution in [-0.2, 0) is 18.2 Å². The van der Waals surface area contributed by atoms with Crippen molar-refractivity contribution in [2.24, 2.45) is 0 Å². The van der Waals surface area contributed by atoms with Crippen molar-refractivity contribution in [3.05, 3.63) is 111 Å². The summed E-state index contributed by atoms with van der Waals surface area (Å²) in [5.74, 6) is -1.78. The summed E-state index contributed by atoms with van der Waals surface area (Å²) in [6, 6.07) is 6.03. The number of benzene rings is 3. The minimum absolute atomic E-state index is 0.0167. The van der Waals surface area contributed by atoms with Crippen molar-refractivity contribution < 1.29 is 32.2 Å². The van der Waals surface area contributed by atoms with Crippen LogP contribution >= 0.6 is 11.6 Å². The van der Waals surface area contributed by atoms with E-state index in [4.69, 9.17) is 27.3 Å². The van der Waals surface area contributed by atoms with Crippen LogP contribution in [0.4, 0.5) is 27.6 Å². The number of alkyl halides is 3. The van der Waals surface area contributed by atoms with Gasteiger partial charge >= 0.3 is 11.9 Å². The van der Waals surface area contributed by atoms with Crippen LogP contribution in [-0.4, -0.2) is 40.7 Å². The van der Waals surface area contributed by atoms with E-state index >= 15 is 0 Å². The summed E-state index contributed by atoms with van der Waals surface area (Å²) in [6.45, 7) is 10.7. The van der Waals surface area contributed by atoms with E-state index in [0.717, 1.165) is 23.6 Å². The molecule has 2 unspecified atom stereocenters. The Labute approximate surface area is 261 Å². The molecule has 0 bridgehead atoms. The van der Waals surface area contributed by atoms with Crippen LogP contribution in [0.5, 0.6) is 0 Å². The number of rotatable bonds is 7. The number of hydrogen-bond acceptors (Lipinski definition) is 5. The highest BCUT2D eigenvalue weighted by atomic mass is 35.5. The summed E-state index contributed by atoms with van der Waals surface area (Å²) in [5.41, 5.74) is -6.43. The fourth-order valence-corrected chi connectivity index (χ4v) is 5.73. The van der Waals surface area contributed by atoms with Crippen LogP contribution in [0.2, 0.25) is 5.02 Å². The lowest BCUT2D eigenvalue weighted by Gasteiger charge is -2.38.